The van der Waals surface area contributed by atoms with Gasteiger partial charge >= 0.3 is 0 Å². The SMILES string of the molecule is CCOc1cc2c3c(c1)-c1c(sn(-c4ccc(-c5ccccc5)cc4)c1=S)C(C)(C)N3C(=O)C2=O. The molecule has 0 fully saturated rings. The Morgan fingerprint density at radius 1 is 0.943 bits per heavy atom. The van der Waals surface area contributed by atoms with Gasteiger partial charge in [-0.2, -0.15) is 0 Å². The largest absolute Gasteiger partial charge is 0.494 e. The summed E-state index contributed by atoms with van der Waals surface area (Å²) in [4.78, 5) is 28.6. The number of anilines is 1. The summed E-state index contributed by atoms with van der Waals surface area (Å²) in [5.74, 6) is -0.445. The zero-order valence-electron chi connectivity index (χ0n) is 19.5. The number of fused-ring (bicyclic) bond motifs is 2. The highest BCUT2D eigenvalue weighted by atomic mass is 32.1. The van der Waals surface area contributed by atoms with Gasteiger partial charge in [-0.15, -0.1) is 0 Å². The lowest BCUT2D eigenvalue weighted by molar-refractivity contribution is -0.115. The van der Waals surface area contributed by atoms with Crippen molar-refractivity contribution in [2.24, 2.45) is 0 Å². The first kappa shape index (κ1) is 21.9. The van der Waals surface area contributed by atoms with Gasteiger partial charge in [-0.25, -0.2) is 0 Å². The van der Waals surface area contributed by atoms with E-state index < -0.39 is 17.2 Å². The van der Waals surface area contributed by atoms with Gasteiger partial charge in [0.05, 0.1) is 34.0 Å². The molecule has 5 nitrogen and oxygen atoms in total. The lowest BCUT2D eigenvalue weighted by Gasteiger charge is -2.39. The molecule has 0 saturated heterocycles. The summed E-state index contributed by atoms with van der Waals surface area (Å²) < 4.78 is 8.44. The molecule has 1 amide bonds. The molecule has 35 heavy (non-hydrogen) atoms. The molecule has 0 atom stereocenters. The molecule has 3 heterocycles. The van der Waals surface area contributed by atoms with Crippen molar-refractivity contribution in [2.75, 3.05) is 11.5 Å². The molecule has 2 aliphatic rings. The summed E-state index contributed by atoms with van der Waals surface area (Å²) >= 11 is 7.53. The van der Waals surface area contributed by atoms with Gasteiger partial charge in [0.2, 0.25) is 0 Å². The van der Waals surface area contributed by atoms with Gasteiger partial charge < -0.3 is 4.74 Å². The van der Waals surface area contributed by atoms with Gasteiger partial charge in [-0.1, -0.05) is 66.2 Å². The molecular formula is C28H22N2O3S2. The van der Waals surface area contributed by atoms with Crippen LogP contribution in [0.25, 0.3) is 27.9 Å². The molecule has 0 spiro atoms. The number of rotatable bonds is 4. The summed E-state index contributed by atoms with van der Waals surface area (Å²) in [5, 5.41) is 0. The molecule has 6 rings (SSSR count). The van der Waals surface area contributed by atoms with Gasteiger partial charge in [0.25, 0.3) is 11.7 Å². The predicted molar refractivity (Wildman–Crippen MR) is 141 cm³/mol. The van der Waals surface area contributed by atoms with E-state index in [2.05, 4.69) is 36.4 Å². The quantitative estimate of drug-likeness (QED) is 0.230. The van der Waals surface area contributed by atoms with E-state index >= 15 is 0 Å². The second kappa shape index (κ2) is 7.73. The van der Waals surface area contributed by atoms with E-state index in [-0.39, 0.29) is 0 Å². The van der Waals surface area contributed by atoms with Crippen LogP contribution in [0, 0.1) is 4.64 Å². The third kappa shape index (κ3) is 3.08. The maximum atomic E-state index is 13.1. The fourth-order valence-corrected chi connectivity index (χ4v) is 6.73. The summed E-state index contributed by atoms with van der Waals surface area (Å²) in [7, 11) is 0. The van der Waals surface area contributed by atoms with Crippen molar-refractivity contribution in [2.45, 2.75) is 26.3 Å². The van der Waals surface area contributed by atoms with E-state index in [1.54, 1.807) is 11.0 Å². The van der Waals surface area contributed by atoms with Crippen LogP contribution in [-0.4, -0.2) is 22.3 Å². The Balaban J connectivity index is 1.55. The van der Waals surface area contributed by atoms with E-state index in [9.17, 15) is 9.59 Å². The minimum atomic E-state index is -0.721. The number of benzene rings is 3. The van der Waals surface area contributed by atoms with E-state index in [1.807, 2.05) is 49.0 Å². The third-order valence-electron chi connectivity index (χ3n) is 6.66. The van der Waals surface area contributed by atoms with Crippen LogP contribution in [0.1, 0.15) is 36.0 Å². The van der Waals surface area contributed by atoms with Crippen LogP contribution >= 0.6 is 23.8 Å². The monoisotopic (exact) mass is 498 g/mol. The van der Waals surface area contributed by atoms with Crippen LogP contribution in [0.4, 0.5) is 5.69 Å². The van der Waals surface area contributed by atoms with Crippen molar-refractivity contribution >= 4 is 41.1 Å². The Kier molecular flexibility index (Phi) is 4.85. The van der Waals surface area contributed by atoms with Crippen LogP contribution in [0.2, 0.25) is 0 Å². The highest BCUT2D eigenvalue weighted by Crippen LogP contribution is 2.55. The predicted octanol–water partition coefficient (Wildman–Crippen LogP) is 6.78. The van der Waals surface area contributed by atoms with Crippen molar-refractivity contribution in [3.05, 3.63) is 81.8 Å². The second-order valence-electron chi connectivity index (χ2n) is 9.14. The summed E-state index contributed by atoms with van der Waals surface area (Å²) in [6, 6.07) is 22.1. The van der Waals surface area contributed by atoms with Crippen LogP contribution in [0.15, 0.2) is 66.7 Å². The third-order valence-corrected chi connectivity index (χ3v) is 8.63. The van der Waals surface area contributed by atoms with Gasteiger partial charge in [0.15, 0.2) is 0 Å². The topological polar surface area (TPSA) is 51.5 Å². The fraction of sp³-hybridized carbons (Fsp3) is 0.179. The Bertz CT molecular complexity index is 1580. The molecular weight excluding hydrogens is 476 g/mol. The van der Waals surface area contributed by atoms with Crippen LogP contribution < -0.4 is 9.64 Å². The summed E-state index contributed by atoms with van der Waals surface area (Å²) in [6.07, 6.45) is 0. The standard InChI is InChI=1S/C28H22N2O3S2/c1-4-33-19-14-20-22-25(28(2,3)29-23(20)21(15-19)24(31)26(29)32)35-30(27(22)34)18-12-10-17(11-13-18)16-8-6-5-7-9-16/h5-15H,4H2,1-3H3. The first-order valence-electron chi connectivity index (χ1n) is 11.5. The van der Waals surface area contributed by atoms with Gasteiger partial charge in [0.1, 0.15) is 10.4 Å². The highest BCUT2D eigenvalue weighted by Gasteiger charge is 2.51. The fourth-order valence-electron chi connectivity index (χ4n) is 5.04. The number of aromatic nitrogens is 1. The molecule has 1 aromatic heterocycles. The van der Waals surface area contributed by atoms with Crippen molar-refractivity contribution < 1.29 is 14.3 Å². The number of amides is 1. The molecule has 0 aliphatic carbocycles. The smallest absolute Gasteiger partial charge is 0.300 e. The minimum Gasteiger partial charge on any atom is -0.494 e. The first-order chi connectivity index (χ1) is 16.8. The Hall–Kier alpha value is -3.55. The van der Waals surface area contributed by atoms with Crippen molar-refractivity contribution in [1.82, 2.24) is 3.96 Å². The van der Waals surface area contributed by atoms with E-state index in [0.29, 0.717) is 28.2 Å². The van der Waals surface area contributed by atoms with Crippen LogP contribution in [0.5, 0.6) is 5.75 Å². The lowest BCUT2D eigenvalue weighted by Crippen LogP contribution is -2.46. The summed E-state index contributed by atoms with van der Waals surface area (Å²) in [5.41, 5.74) is 5.20. The van der Waals surface area contributed by atoms with Crippen molar-refractivity contribution in [1.29, 1.82) is 0 Å². The molecule has 7 heteroatoms. The van der Waals surface area contributed by atoms with E-state index in [0.717, 1.165) is 32.8 Å². The second-order valence-corrected chi connectivity index (χ2v) is 10.5. The van der Waals surface area contributed by atoms with Crippen LogP contribution in [0.3, 0.4) is 0 Å². The highest BCUT2D eigenvalue weighted by molar-refractivity contribution is 7.71. The van der Waals surface area contributed by atoms with Gasteiger partial charge in [0, 0.05) is 11.1 Å². The zero-order valence-corrected chi connectivity index (χ0v) is 21.1. The zero-order chi connectivity index (χ0) is 24.5. The molecule has 0 bridgehead atoms. The van der Waals surface area contributed by atoms with Gasteiger partial charge in [-0.05, 0) is 56.2 Å². The first-order valence-corrected chi connectivity index (χ1v) is 12.6. The van der Waals surface area contributed by atoms with Crippen molar-refractivity contribution in [3.8, 4) is 33.7 Å². The minimum absolute atomic E-state index is 0.383. The molecule has 3 aromatic carbocycles. The number of carbonyl (C=O) groups is 2. The lowest BCUT2D eigenvalue weighted by atomic mass is 9.87. The Labute approximate surface area is 212 Å². The van der Waals surface area contributed by atoms with Crippen molar-refractivity contribution in [3.63, 3.8) is 0 Å². The van der Waals surface area contributed by atoms with Crippen LogP contribution in [-0.2, 0) is 10.3 Å². The normalized spacial score (nSPS) is 15.2. The molecule has 0 unspecified atom stereocenters. The van der Waals surface area contributed by atoms with E-state index in [1.165, 1.54) is 11.5 Å². The Morgan fingerprint density at radius 3 is 2.29 bits per heavy atom. The number of hydrogen-bond acceptors (Lipinski definition) is 5. The summed E-state index contributed by atoms with van der Waals surface area (Å²) in [6.45, 7) is 6.29. The molecule has 0 N–H and O–H groups in total. The number of carbonyl (C=O) groups excluding carboxylic acids is 2. The number of Topliss-reactive ketones (excluding diaryl/α,β-unsaturated/α-hetero) is 1. The number of nitrogens with zero attached hydrogens (tertiary/aromatic N) is 2. The number of ether oxygens (including phenoxy) is 1. The Morgan fingerprint density at radius 2 is 1.60 bits per heavy atom. The average Bonchev–Trinajstić information content (AvgIpc) is 3.35. The average molecular weight is 499 g/mol. The van der Waals surface area contributed by atoms with E-state index in [4.69, 9.17) is 17.0 Å². The molecule has 0 saturated carbocycles. The molecule has 174 valence electrons. The maximum absolute atomic E-state index is 13.1. The molecule has 0 radical (unpaired) electrons. The number of ketones is 1. The molecule has 4 aromatic rings. The maximum Gasteiger partial charge on any atom is 0.300 e. The van der Waals surface area contributed by atoms with Gasteiger partial charge in [-0.3, -0.25) is 18.4 Å². The molecule has 2 aliphatic heterocycles. The number of hydrogen-bond donors (Lipinski definition) is 0.